The third-order valence-electron chi connectivity index (χ3n) is 2.04. The van der Waals surface area contributed by atoms with Crippen LogP contribution < -0.4 is 0 Å². The molecule has 0 saturated carbocycles. The van der Waals surface area contributed by atoms with Crippen LogP contribution in [0.15, 0.2) is 24.3 Å². The maximum atomic E-state index is 8.60. The summed E-state index contributed by atoms with van der Waals surface area (Å²) in [6.45, 7) is 0.259. The second kappa shape index (κ2) is 6.89. The van der Waals surface area contributed by atoms with Crippen LogP contribution in [0.3, 0.4) is 0 Å². The molecule has 0 aliphatic heterocycles. The molecule has 0 amide bonds. The van der Waals surface area contributed by atoms with E-state index in [-0.39, 0.29) is 6.61 Å². The van der Waals surface area contributed by atoms with Gasteiger partial charge in [-0.2, -0.15) is 0 Å². The molecule has 1 aromatic rings. The lowest BCUT2D eigenvalue weighted by molar-refractivity contribution is 0.285. The lowest BCUT2D eigenvalue weighted by atomic mass is 10.1. The van der Waals surface area contributed by atoms with Crippen molar-refractivity contribution in [1.29, 1.82) is 0 Å². The number of aliphatic hydroxyl groups excluding tert-OH is 1. The van der Waals surface area contributed by atoms with Gasteiger partial charge in [-0.15, -0.1) is 0 Å². The van der Waals surface area contributed by atoms with Crippen LogP contribution in [-0.2, 0) is 0 Å². The molecular weight excluding hydrogens is 231 g/mol. The maximum Gasteiger partial charge on any atom is 0.0493 e. The fourth-order valence-corrected chi connectivity index (χ4v) is 1.69. The average molecular weight is 245 g/mol. The highest BCUT2D eigenvalue weighted by Gasteiger charge is 1.96. The number of hydrogen-bond donors (Lipinski definition) is 1. The molecule has 0 heterocycles. The van der Waals surface area contributed by atoms with E-state index in [9.17, 15) is 0 Å². The Kier molecular flexibility index (Phi) is 5.77. The highest BCUT2D eigenvalue weighted by Crippen LogP contribution is 2.22. The molecule has 1 rings (SSSR count). The van der Waals surface area contributed by atoms with E-state index in [0.717, 1.165) is 24.8 Å². The first-order valence-electron chi connectivity index (χ1n) is 4.96. The Bertz CT molecular complexity index is 334. The lowest BCUT2D eigenvalue weighted by Crippen LogP contribution is -1.80. The number of hydrogen-bond acceptors (Lipinski definition) is 1. The topological polar surface area (TPSA) is 20.2 Å². The Morgan fingerprint density at radius 2 is 2.00 bits per heavy atom. The van der Waals surface area contributed by atoms with Crippen LogP contribution in [0.2, 0.25) is 10.0 Å². The summed E-state index contributed by atoms with van der Waals surface area (Å²) in [6, 6.07) is 5.45. The van der Waals surface area contributed by atoms with Crippen molar-refractivity contribution in [3.05, 3.63) is 39.9 Å². The number of unbranched alkanes of at least 4 members (excludes halogenated alkanes) is 2. The van der Waals surface area contributed by atoms with Gasteiger partial charge in [0.15, 0.2) is 0 Å². The summed E-state index contributed by atoms with van der Waals surface area (Å²) in [4.78, 5) is 0. The van der Waals surface area contributed by atoms with Crippen LogP contribution in [0.4, 0.5) is 0 Å². The molecule has 0 aliphatic rings. The van der Waals surface area contributed by atoms with E-state index >= 15 is 0 Å². The van der Waals surface area contributed by atoms with Gasteiger partial charge in [0.25, 0.3) is 0 Å². The quantitative estimate of drug-likeness (QED) is 0.772. The van der Waals surface area contributed by atoms with E-state index in [2.05, 4.69) is 6.08 Å². The van der Waals surface area contributed by atoms with Gasteiger partial charge in [-0.3, -0.25) is 0 Å². The molecule has 0 atom stereocenters. The van der Waals surface area contributed by atoms with E-state index in [4.69, 9.17) is 28.3 Å². The Morgan fingerprint density at radius 3 is 2.67 bits per heavy atom. The van der Waals surface area contributed by atoms with Gasteiger partial charge in [-0.05, 0) is 37.0 Å². The number of allylic oxidation sites excluding steroid dienone is 1. The van der Waals surface area contributed by atoms with Gasteiger partial charge in [0, 0.05) is 16.7 Å². The zero-order valence-electron chi connectivity index (χ0n) is 8.42. The molecule has 0 radical (unpaired) electrons. The molecule has 0 bridgehead atoms. The minimum atomic E-state index is 0.259. The zero-order valence-corrected chi connectivity index (χ0v) is 9.93. The number of rotatable bonds is 5. The molecule has 0 spiro atoms. The minimum absolute atomic E-state index is 0.259. The monoisotopic (exact) mass is 244 g/mol. The molecule has 15 heavy (non-hydrogen) atoms. The zero-order chi connectivity index (χ0) is 11.1. The summed E-state index contributed by atoms with van der Waals surface area (Å²) < 4.78 is 0. The Labute approximate surface area is 100 Å². The summed E-state index contributed by atoms with van der Waals surface area (Å²) >= 11 is 11.8. The average Bonchev–Trinajstić information content (AvgIpc) is 2.20. The van der Waals surface area contributed by atoms with E-state index in [1.165, 1.54) is 0 Å². The molecule has 82 valence electrons. The third-order valence-corrected chi connectivity index (χ3v) is 2.60. The first-order chi connectivity index (χ1) is 7.24. The van der Waals surface area contributed by atoms with Crippen LogP contribution in [0.1, 0.15) is 24.8 Å². The lowest BCUT2D eigenvalue weighted by Gasteiger charge is -1.98. The predicted octanol–water partition coefficient (Wildman–Crippen LogP) is 4.17. The van der Waals surface area contributed by atoms with Crippen molar-refractivity contribution in [3.63, 3.8) is 0 Å². The molecule has 0 aliphatic carbocycles. The molecule has 0 fully saturated rings. The molecule has 1 nitrogen and oxygen atoms in total. The van der Waals surface area contributed by atoms with Crippen molar-refractivity contribution in [2.45, 2.75) is 19.3 Å². The van der Waals surface area contributed by atoms with Gasteiger partial charge in [0.2, 0.25) is 0 Å². The summed E-state index contributed by atoms with van der Waals surface area (Å²) in [5.74, 6) is 0. The highest BCUT2D eigenvalue weighted by molar-refractivity contribution is 6.35. The van der Waals surface area contributed by atoms with Gasteiger partial charge in [-0.1, -0.05) is 41.4 Å². The van der Waals surface area contributed by atoms with E-state index in [0.29, 0.717) is 10.0 Å². The molecule has 0 aromatic heterocycles. The van der Waals surface area contributed by atoms with Crippen molar-refractivity contribution in [1.82, 2.24) is 0 Å². The van der Waals surface area contributed by atoms with Crippen molar-refractivity contribution >= 4 is 29.3 Å². The van der Waals surface area contributed by atoms with E-state index in [1.54, 1.807) is 6.07 Å². The summed E-state index contributed by atoms with van der Waals surface area (Å²) in [5.41, 5.74) is 0.977. The molecule has 0 unspecified atom stereocenters. The standard InChI is InChI=1S/C12H14Cl2O/c13-11-7-6-10(12(14)9-11)5-3-1-2-4-8-15/h3,5-7,9,15H,1-2,4,8H2. The third kappa shape index (κ3) is 4.70. The minimum Gasteiger partial charge on any atom is -0.396 e. The van der Waals surface area contributed by atoms with Crippen LogP contribution in [-0.4, -0.2) is 11.7 Å². The van der Waals surface area contributed by atoms with Gasteiger partial charge < -0.3 is 5.11 Å². The Hall–Kier alpha value is -0.500. The fourth-order valence-electron chi connectivity index (χ4n) is 1.22. The van der Waals surface area contributed by atoms with Crippen molar-refractivity contribution in [2.75, 3.05) is 6.61 Å². The Balaban J connectivity index is 2.49. The smallest absolute Gasteiger partial charge is 0.0493 e. The Morgan fingerprint density at radius 1 is 1.20 bits per heavy atom. The van der Waals surface area contributed by atoms with Crippen molar-refractivity contribution in [2.24, 2.45) is 0 Å². The molecular formula is C12H14Cl2O. The normalized spacial score (nSPS) is 11.1. The van der Waals surface area contributed by atoms with E-state index < -0.39 is 0 Å². The highest BCUT2D eigenvalue weighted by atomic mass is 35.5. The van der Waals surface area contributed by atoms with Gasteiger partial charge in [0.05, 0.1) is 0 Å². The SMILES string of the molecule is OCCCCC=Cc1ccc(Cl)cc1Cl. The molecule has 1 aromatic carbocycles. The molecule has 1 N–H and O–H groups in total. The summed E-state index contributed by atoms with van der Waals surface area (Å²) in [6.07, 6.45) is 6.84. The second-order valence-corrected chi connectivity index (χ2v) is 4.13. The van der Waals surface area contributed by atoms with Crippen LogP contribution >= 0.6 is 23.2 Å². The van der Waals surface area contributed by atoms with E-state index in [1.807, 2.05) is 18.2 Å². The predicted molar refractivity (Wildman–Crippen MR) is 66.4 cm³/mol. The fraction of sp³-hybridized carbons (Fsp3) is 0.333. The first kappa shape index (κ1) is 12.6. The first-order valence-corrected chi connectivity index (χ1v) is 5.72. The van der Waals surface area contributed by atoms with Gasteiger partial charge >= 0.3 is 0 Å². The van der Waals surface area contributed by atoms with Crippen LogP contribution in [0.25, 0.3) is 6.08 Å². The molecule has 0 saturated heterocycles. The number of halogens is 2. The summed E-state index contributed by atoms with van der Waals surface area (Å²) in [5, 5.41) is 9.92. The number of aliphatic hydroxyl groups is 1. The van der Waals surface area contributed by atoms with Crippen molar-refractivity contribution in [3.8, 4) is 0 Å². The van der Waals surface area contributed by atoms with Gasteiger partial charge in [0.1, 0.15) is 0 Å². The van der Waals surface area contributed by atoms with Crippen LogP contribution in [0, 0.1) is 0 Å². The maximum absolute atomic E-state index is 8.60. The second-order valence-electron chi connectivity index (χ2n) is 3.29. The largest absolute Gasteiger partial charge is 0.396 e. The molecule has 3 heteroatoms. The van der Waals surface area contributed by atoms with Crippen LogP contribution in [0.5, 0.6) is 0 Å². The van der Waals surface area contributed by atoms with Gasteiger partial charge in [-0.25, -0.2) is 0 Å². The van der Waals surface area contributed by atoms with Crippen molar-refractivity contribution < 1.29 is 5.11 Å². The summed E-state index contributed by atoms with van der Waals surface area (Å²) in [7, 11) is 0. The number of benzene rings is 1.